The van der Waals surface area contributed by atoms with Gasteiger partial charge in [-0.05, 0) is 63.8 Å². The number of ether oxygens (including phenoxy) is 1. The lowest BCUT2D eigenvalue weighted by molar-refractivity contribution is 0.00578. The fraction of sp³-hybridized carbons (Fsp3) is 0.500. The van der Waals surface area contributed by atoms with Crippen molar-refractivity contribution < 1.29 is 14.0 Å². The van der Waals surface area contributed by atoms with Gasteiger partial charge in [0, 0.05) is 17.6 Å². The second-order valence-corrected chi connectivity index (χ2v) is 9.16. The summed E-state index contributed by atoms with van der Waals surface area (Å²) in [6.45, 7) is 8.42. The van der Waals surface area contributed by atoms with Crippen molar-refractivity contribution in [1.29, 1.82) is 0 Å². The zero-order chi connectivity index (χ0) is 21.1. The minimum Gasteiger partial charge on any atom is -0.497 e. The minimum absolute atomic E-state index is 0.115. The van der Waals surface area contributed by atoms with Crippen molar-refractivity contribution in [2.24, 2.45) is 0 Å². The summed E-state index contributed by atoms with van der Waals surface area (Å²) >= 11 is 6.11. The van der Waals surface area contributed by atoms with Gasteiger partial charge in [0.25, 0.3) is 0 Å². The van der Waals surface area contributed by atoms with Crippen LogP contribution < -0.4 is 4.74 Å². The van der Waals surface area contributed by atoms with E-state index in [-0.39, 0.29) is 30.1 Å². The third kappa shape index (κ3) is 4.82. The molecule has 1 saturated heterocycles. The van der Waals surface area contributed by atoms with Crippen LogP contribution in [0.4, 0.5) is 0 Å². The summed E-state index contributed by atoms with van der Waals surface area (Å²) in [5.41, 5.74) is 1.71. The van der Waals surface area contributed by atoms with Crippen LogP contribution in [0.25, 0.3) is 0 Å². The summed E-state index contributed by atoms with van der Waals surface area (Å²) in [6, 6.07) is 18.9. The van der Waals surface area contributed by atoms with E-state index in [0.29, 0.717) is 5.88 Å². The minimum atomic E-state index is -0.369. The molecule has 2 atom stereocenters. The largest absolute Gasteiger partial charge is 0.497 e. The van der Waals surface area contributed by atoms with Gasteiger partial charge in [-0.25, -0.2) is 0 Å². The molecule has 29 heavy (non-hydrogen) atoms. The highest BCUT2D eigenvalue weighted by atomic mass is 35.5. The van der Waals surface area contributed by atoms with Crippen molar-refractivity contribution in [2.45, 2.75) is 63.5 Å². The van der Waals surface area contributed by atoms with Crippen LogP contribution in [-0.2, 0) is 9.31 Å². The molecule has 5 heteroatoms. The summed E-state index contributed by atoms with van der Waals surface area (Å²) in [4.78, 5) is 0. The molecule has 1 aliphatic rings. The Balaban J connectivity index is 2.06. The Hall–Kier alpha value is -1.49. The van der Waals surface area contributed by atoms with Gasteiger partial charge in [0.2, 0.25) is 0 Å². The summed E-state index contributed by atoms with van der Waals surface area (Å²) in [6.07, 6.45) is 1.82. The summed E-state index contributed by atoms with van der Waals surface area (Å²) in [7, 11) is 1.40. The van der Waals surface area contributed by atoms with E-state index in [2.05, 4.69) is 70.2 Å². The number of hydrogen-bond acceptors (Lipinski definition) is 3. The van der Waals surface area contributed by atoms with Crippen LogP contribution in [0.5, 0.6) is 5.75 Å². The molecule has 0 N–H and O–H groups in total. The number of methoxy groups -OCH3 is 1. The van der Waals surface area contributed by atoms with Crippen LogP contribution in [0.2, 0.25) is 5.82 Å². The van der Waals surface area contributed by atoms with E-state index in [0.717, 1.165) is 18.6 Å². The van der Waals surface area contributed by atoms with E-state index >= 15 is 0 Å². The molecule has 0 unspecified atom stereocenters. The third-order valence-corrected chi connectivity index (χ3v) is 6.60. The van der Waals surface area contributed by atoms with Gasteiger partial charge < -0.3 is 14.0 Å². The van der Waals surface area contributed by atoms with Gasteiger partial charge in [-0.1, -0.05) is 42.5 Å². The van der Waals surface area contributed by atoms with Crippen LogP contribution in [-0.4, -0.2) is 31.3 Å². The zero-order valence-corrected chi connectivity index (χ0v) is 18.9. The molecule has 3 rings (SSSR count). The van der Waals surface area contributed by atoms with Gasteiger partial charge in [-0.15, -0.1) is 11.6 Å². The highest BCUT2D eigenvalue weighted by molar-refractivity contribution is 6.48. The van der Waals surface area contributed by atoms with Gasteiger partial charge in [0.05, 0.1) is 18.3 Å². The first-order valence-electron chi connectivity index (χ1n) is 10.4. The van der Waals surface area contributed by atoms with Gasteiger partial charge in [-0.2, -0.15) is 0 Å². The Morgan fingerprint density at radius 2 is 1.55 bits per heavy atom. The highest BCUT2D eigenvalue weighted by Gasteiger charge is 2.55. The molecule has 3 nitrogen and oxygen atoms in total. The molecular formula is C24H32BClO3. The molecule has 2 aromatic rings. The molecule has 0 aliphatic carbocycles. The van der Waals surface area contributed by atoms with E-state index in [9.17, 15) is 0 Å². The predicted molar refractivity (Wildman–Crippen MR) is 121 cm³/mol. The van der Waals surface area contributed by atoms with Crippen molar-refractivity contribution in [3.8, 4) is 5.75 Å². The molecule has 1 fully saturated rings. The summed E-state index contributed by atoms with van der Waals surface area (Å²) in [5, 5.41) is 0. The highest BCUT2D eigenvalue weighted by Crippen LogP contribution is 2.48. The Morgan fingerprint density at radius 1 is 0.931 bits per heavy atom. The Labute approximate surface area is 180 Å². The second-order valence-electron chi connectivity index (χ2n) is 8.78. The van der Waals surface area contributed by atoms with Crippen molar-refractivity contribution >= 4 is 18.7 Å². The lowest BCUT2D eigenvalue weighted by Crippen LogP contribution is -2.41. The molecule has 0 saturated carbocycles. The van der Waals surface area contributed by atoms with E-state index in [1.807, 2.05) is 12.1 Å². The van der Waals surface area contributed by atoms with E-state index in [1.165, 1.54) is 11.1 Å². The Morgan fingerprint density at radius 3 is 2.14 bits per heavy atom. The maximum Gasteiger partial charge on any atom is 0.462 e. The molecule has 0 radical (unpaired) electrons. The topological polar surface area (TPSA) is 27.7 Å². The zero-order valence-electron chi connectivity index (χ0n) is 18.2. The molecule has 1 heterocycles. The normalized spacial score (nSPS) is 19.7. The van der Waals surface area contributed by atoms with E-state index in [1.54, 1.807) is 7.11 Å². The molecule has 0 spiro atoms. The first-order valence-corrected chi connectivity index (χ1v) is 10.9. The first kappa shape index (κ1) is 22.2. The average Bonchev–Trinajstić information content (AvgIpc) is 2.92. The molecule has 0 amide bonds. The fourth-order valence-electron chi connectivity index (χ4n) is 4.02. The second kappa shape index (κ2) is 9.12. The lowest BCUT2D eigenvalue weighted by atomic mass is 9.59. The smallest absolute Gasteiger partial charge is 0.462 e. The maximum atomic E-state index is 6.51. The fourth-order valence-corrected chi connectivity index (χ4v) is 4.17. The number of hydrogen-bond donors (Lipinski definition) is 0. The lowest BCUT2D eigenvalue weighted by Gasteiger charge is -2.32. The molecule has 0 bridgehead atoms. The predicted octanol–water partition coefficient (Wildman–Crippen LogP) is 6.31. The van der Waals surface area contributed by atoms with Crippen LogP contribution in [0.3, 0.4) is 0 Å². The van der Waals surface area contributed by atoms with Crippen molar-refractivity contribution in [3.63, 3.8) is 0 Å². The van der Waals surface area contributed by atoms with E-state index < -0.39 is 0 Å². The monoisotopic (exact) mass is 414 g/mol. The van der Waals surface area contributed by atoms with Crippen LogP contribution in [0, 0.1) is 0 Å². The summed E-state index contributed by atoms with van der Waals surface area (Å²) in [5.74, 6) is 1.72. The van der Waals surface area contributed by atoms with E-state index in [4.69, 9.17) is 25.6 Å². The maximum absolute atomic E-state index is 6.51. The van der Waals surface area contributed by atoms with Gasteiger partial charge in [0.15, 0.2) is 0 Å². The number of alkyl halides is 1. The number of benzene rings is 2. The first-order chi connectivity index (χ1) is 13.8. The third-order valence-electron chi connectivity index (χ3n) is 6.33. The Bertz CT molecular complexity index is 778. The SMILES string of the molecule is COc1cccc([C@@H](c2ccccc2)[C@@H](CCCCl)B2OC(C)(C)C(C)(C)O2)c1. The van der Waals surface area contributed by atoms with Gasteiger partial charge in [-0.3, -0.25) is 0 Å². The molecular weight excluding hydrogens is 383 g/mol. The molecule has 2 aromatic carbocycles. The quantitative estimate of drug-likeness (QED) is 0.374. The van der Waals surface area contributed by atoms with Crippen LogP contribution in [0.1, 0.15) is 57.6 Å². The molecule has 1 aliphatic heterocycles. The van der Waals surface area contributed by atoms with Gasteiger partial charge >= 0.3 is 7.12 Å². The summed E-state index contributed by atoms with van der Waals surface area (Å²) < 4.78 is 18.5. The molecule has 0 aromatic heterocycles. The van der Waals surface area contributed by atoms with Crippen molar-refractivity contribution in [1.82, 2.24) is 0 Å². The van der Waals surface area contributed by atoms with Crippen molar-refractivity contribution in [3.05, 3.63) is 65.7 Å². The van der Waals surface area contributed by atoms with Crippen LogP contribution >= 0.6 is 11.6 Å². The standard InChI is InChI=1S/C24H32BClO3/c1-23(2)24(3,4)29-25(28-23)21(15-10-16-26)22(18-11-7-6-8-12-18)19-13-9-14-20(17-19)27-5/h6-9,11-14,17,21-22H,10,15-16H2,1-5H3/t21-,22-/m1/s1. The van der Waals surface area contributed by atoms with Gasteiger partial charge in [0.1, 0.15) is 5.75 Å². The van der Waals surface area contributed by atoms with Crippen LogP contribution in [0.15, 0.2) is 54.6 Å². The average molecular weight is 415 g/mol. The number of halogens is 1. The van der Waals surface area contributed by atoms with Crippen molar-refractivity contribution in [2.75, 3.05) is 13.0 Å². The number of rotatable bonds is 8. The Kier molecular flexibility index (Phi) is 6.98. The molecule has 156 valence electrons.